The Morgan fingerprint density at radius 1 is 1.53 bits per heavy atom. The smallest absolute Gasteiger partial charge is 0.244 e. The number of anilines is 1. The van der Waals surface area contributed by atoms with E-state index in [-0.39, 0.29) is 5.91 Å². The number of rotatable bonds is 3. The van der Waals surface area contributed by atoms with E-state index < -0.39 is 5.41 Å². The summed E-state index contributed by atoms with van der Waals surface area (Å²) in [7, 11) is 0. The largest absolute Gasteiger partial charge is 0.323 e. The zero-order valence-corrected chi connectivity index (χ0v) is 10.7. The van der Waals surface area contributed by atoms with Gasteiger partial charge in [0, 0.05) is 5.69 Å². The third-order valence-electron chi connectivity index (χ3n) is 2.93. The van der Waals surface area contributed by atoms with Crippen LogP contribution in [0.5, 0.6) is 0 Å². The van der Waals surface area contributed by atoms with Crippen LogP contribution >= 0.6 is 0 Å². The molecule has 1 rings (SSSR count). The Morgan fingerprint density at radius 2 is 2.18 bits per heavy atom. The van der Waals surface area contributed by atoms with Gasteiger partial charge < -0.3 is 5.32 Å². The zero-order chi connectivity index (χ0) is 13.1. The minimum atomic E-state index is -0.989. The highest BCUT2D eigenvalue weighted by atomic mass is 16.2. The van der Waals surface area contributed by atoms with Crippen LogP contribution in [0.1, 0.15) is 31.7 Å². The summed E-state index contributed by atoms with van der Waals surface area (Å²) in [6.45, 7) is 7.19. The summed E-state index contributed by atoms with van der Waals surface area (Å²) in [5.74, 6) is -0.281. The summed E-state index contributed by atoms with van der Waals surface area (Å²) in [4.78, 5) is 16.2. The second-order valence-corrected chi connectivity index (χ2v) is 4.34. The summed E-state index contributed by atoms with van der Waals surface area (Å²) < 4.78 is 0. The van der Waals surface area contributed by atoms with Crippen LogP contribution in [-0.2, 0) is 4.79 Å². The van der Waals surface area contributed by atoms with Crippen molar-refractivity contribution in [1.82, 2.24) is 4.98 Å². The molecule has 4 heteroatoms. The molecule has 1 aromatic rings. The molecule has 1 amide bonds. The normalized spacial score (nSPS) is 13.6. The van der Waals surface area contributed by atoms with Crippen molar-refractivity contribution >= 4 is 11.6 Å². The molecule has 0 saturated heterocycles. The Balaban J connectivity index is 2.93. The molecule has 0 aliphatic heterocycles. The fraction of sp³-hybridized carbons (Fsp3) is 0.462. The van der Waals surface area contributed by atoms with E-state index in [1.165, 1.54) is 0 Å². The molecule has 1 N–H and O–H groups in total. The number of hydrogen-bond acceptors (Lipinski definition) is 3. The molecule has 0 aromatic carbocycles. The van der Waals surface area contributed by atoms with Gasteiger partial charge in [0.25, 0.3) is 0 Å². The molecule has 0 radical (unpaired) electrons. The van der Waals surface area contributed by atoms with E-state index in [2.05, 4.69) is 10.3 Å². The Kier molecular flexibility index (Phi) is 3.84. The Bertz CT molecular complexity index is 476. The van der Waals surface area contributed by atoms with Gasteiger partial charge in [0.15, 0.2) is 0 Å². The van der Waals surface area contributed by atoms with Crippen LogP contribution in [0.15, 0.2) is 12.1 Å². The molecular weight excluding hydrogens is 214 g/mol. The standard InChI is InChI=1S/C13H17N3O/c1-5-13(4,8-14)12(17)16-11-7-6-9(2)15-10(11)3/h6-7H,5H2,1-4H3,(H,16,17). The SMILES string of the molecule is CCC(C)(C#N)C(=O)Nc1ccc(C)nc1C. The highest BCUT2D eigenvalue weighted by Crippen LogP contribution is 2.23. The van der Waals surface area contributed by atoms with Gasteiger partial charge in [-0.1, -0.05) is 6.92 Å². The average molecular weight is 231 g/mol. The van der Waals surface area contributed by atoms with E-state index in [0.717, 1.165) is 11.4 Å². The van der Waals surface area contributed by atoms with Crippen LogP contribution < -0.4 is 5.32 Å². The van der Waals surface area contributed by atoms with Crippen molar-refractivity contribution in [3.63, 3.8) is 0 Å². The zero-order valence-electron chi connectivity index (χ0n) is 10.7. The topological polar surface area (TPSA) is 65.8 Å². The van der Waals surface area contributed by atoms with Gasteiger partial charge in [0.2, 0.25) is 5.91 Å². The van der Waals surface area contributed by atoms with E-state index in [9.17, 15) is 4.79 Å². The number of amides is 1. The van der Waals surface area contributed by atoms with Crippen LogP contribution in [0.25, 0.3) is 0 Å². The minimum Gasteiger partial charge on any atom is -0.323 e. The molecule has 0 bridgehead atoms. The lowest BCUT2D eigenvalue weighted by molar-refractivity contribution is -0.122. The lowest BCUT2D eigenvalue weighted by Crippen LogP contribution is -2.31. The summed E-state index contributed by atoms with van der Waals surface area (Å²) in [6, 6.07) is 5.69. The molecule has 0 fully saturated rings. The first-order chi connectivity index (χ1) is 7.92. The van der Waals surface area contributed by atoms with Gasteiger partial charge in [-0.25, -0.2) is 0 Å². The first-order valence-electron chi connectivity index (χ1n) is 5.60. The van der Waals surface area contributed by atoms with Gasteiger partial charge in [-0.3, -0.25) is 9.78 Å². The van der Waals surface area contributed by atoms with Gasteiger partial charge in [0.1, 0.15) is 5.41 Å². The van der Waals surface area contributed by atoms with Crippen LogP contribution in [0.3, 0.4) is 0 Å². The molecule has 0 spiro atoms. The maximum absolute atomic E-state index is 12.0. The number of carbonyl (C=O) groups excluding carboxylic acids is 1. The molecule has 0 aliphatic rings. The Labute approximate surface area is 102 Å². The van der Waals surface area contributed by atoms with Crippen molar-refractivity contribution < 1.29 is 4.79 Å². The maximum Gasteiger partial charge on any atom is 0.244 e. The molecule has 17 heavy (non-hydrogen) atoms. The molecule has 90 valence electrons. The van der Waals surface area contributed by atoms with Gasteiger partial charge in [-0.05, 0) is 39.3 Å². The maximum atomic E-state index is 12.0. The molecule has 4 nitrogen and oxygen atoms in total. The van der Waals surface area contributed by atoms with Gasteiger partial charge in [-0.15, -0.1) is 0 Å². The number of hydrogen-bond donors (Lipinski definition) is 1. The average Bonchev–Trinajstić information content (AvgIpc) is 2.31. The molecule has 1 heterocycles. The lowest BCUT2D eigenvalue weighted by Gasteiger charge is -2.19. The highest BCUT2D eigenvalue weighted by Gasteiger charge is 2.31. The van der Waals surface area contributed by atoms with Crippen LogP contribution in [0.4, 0.5) is 5.69 Å². The third-order valence-corrected chi connectivity index (χ3v) is 2.93. The van der Waals surface area contributed by atoms with Crippen LogP contribution in [0, 0.1) is 30.6 Å². The number of aryl methyl sites for hydroxylation is 2. The van der Waals surface area contributed by atoms with Crippen molar-refractivity contribution in [2.75, 3.05) is 5.32 Å². The summed E-state index contributed by atoms with van der Waals surface area (Å²) >= 11 is 0. The fourth-order valence-electron chi connectivity index (χ4n) is 1.37. The summed E-state index contributed by atoms with van der Waals surface area (Å²) in [6.07, 6.45) is 0.480. The first-order valence-corrected chi connectivity index (χ1v) is 5.60. The first kappa shape index (κ1) is 13.2. The van der Waals surface area contributed by atoms with Crippen LogP contribution in [0.2, 0.25) is 0 Å². The van der Waals surface area contributed by atoms with Crippen molar-refractivity contribution in [2.24, 2.45) is 5.41 Å². The molecule has 1 atom stereocenters. The summed E-state index contributed by atoms with van der Waals surface area (Å²) in [5.41, 5.74) is 1.33. The van der Waals surface area contributed by atoms with Crippen molar-refractivity contribution in [2.45, 2.75) is 34.1 Å². The number of aromatic nitrogens is 1. The van der Waals surface area contributed by atoms with E-state index in [4.69, 9.17) is 5.26 Å². The van der Waals surface area contributed by atoms with E-state index in [0.29, 0.717) is 12.1 Å². The van der Waals surface area contributed by atoms with E-state index >= 15 is 0 Å². The van der Waals surface area contributed by atoms with Gasteiger partial charge >= 0.3 is 0 Å². The minimum absolute atomic E-state index is 0.281. The second-order valence-electron chi connectivity index (χ2n) is 4.34. The van der Waals surface area contributed by atoms with E-state index in [1.54, 1.807) is 6.92 Å². The van der Waals surface area contributed by atoms with Crippen molar-refractivity contribution in [3.8, 4) is 6.07 Å². The van der Waals surface area contributed by atoms with Gasteiger partial charge in [0.05, 0.1) is 17.5 Å². The molecule has 1 aromatic heterocycles. The number of nitrogens with zero attached hydrogens (tertiary/aromatic N) is 2. The van der Waals surface area contributed by atoms with Crippen molar-refractivity contribution in [3.05, 3.63) is 23.5 Å². The molecule has 0 saturated carbocycles. The van der Waals surface area contributed by atoms with Crippen LogP contribution in [-0.4, -0.2) is 10.9 Å². The molecule has 0 aliphatic carbocycles. The Hall–Kier alpha value is -1.89. The highest BCUT2D eigenvalue weighted by molar-refractivity contribution is 5.97. The number of pyridine rings is 1. The predicted molar refractivity (Wildman–Crippen MR) is 66.4 cm³/mol. The van der Waals surface area contributed by atoms with E-state index in [1.807, 2.05) is 39.0 Å². The monoisotopic (exact) mass is 231 g/mol. The predicted octanol–water partition coefficient (Wildman–Crippen LogP) is 2.58. The number of nitriles is 1. The van der Waals surface area contributed by atoms with Gasteiger partial charge in [-0.2, -0.15) is 5.26 Å². The summed E-state index contributed by atoms with van der Waals surface area (Å²) in [5, 5.41) is 11.8. The quantitative estimate of drug-likeness (QED) is 0.869. The molecular formula is C13H17N3O. The third kappa shape index (κ3) is 2.82. The second kappa shape index (κ2) is 4.96. The number of carbonyl (C=O) groups is 1. The number of nitrogens with one attached hydrogen (secondary N) is 1. The molecule has 1 unspecified atom stereocenters. The van der Waals surface area contributed by atoms with Crippen molar-refractivity contribution in [1.29, 1.82) is 5.26 Å². The fourth-order valence-corrected chi connectivity index (χ4v) is 1.37. The Morgan fingerprint density at radius 3 is 2.65 bits per heavy atom. The lowest BCUT2D eigenvalue weighted by atomic mass is 9.88.